The Morgan fingerprint density at radius 1 is 1.27 bits per heavy atom. The molecule has 3 heterocycles. The van der Waals surface area contributed by atoms with Gasteiger partial charge in [-0.1, -0.05) is 30.3 Å². The highest BCUT2D eigenvalue weighted by atomic mass is 35.5. The van der Waals surface area contributed by atoms with Crippen molar-refractivity contribution >= 4 is 42.5 Å². The molecule has 1 fully saturated rings. The van der Waals surface area contributed by atoms with E-state index >= 15 is 0 Å². The number of ether oxygens (including phenoxy) is 1. The van der Waals surface area contributed by atoms with E-state index in [4.69, 9.17) is 16.3 Å². The zero-order valence-corrected chi connectivity index (χ0v) is 17.4. The summed E-state index contributed by atoms with van der Waals surface area (Å²) in [5.74, 6) is 0.635. The Kier molecular flexibility index (Phi) is 6.10. The van der Waals surface area contributed by atoms with Gasteiger partial charge in [-0.3, -0.25) is 0 Å². The molecule has 1 aliphatic rings. The highest BCUT2D eigenvalue weighted by Crippen LogP contribution is 2.26. The van der Waals surface area contributed by atoms with Gasteiger partial charge in [-0.05, 0) is 42.3 Å². The number of aliphatic hydroxyl groups is 1. The maximum Gasteiger partial charge on any atom is 0.410 e. The van der Waals surface area contributed by atoms with Crippen LogP contribution in [0.25, 0.3) is 11.0 Å². The minimum atomic E-state index is -0.435. The second-order valence-electron chi connectivity index (χ2n) is 7.45. The lowest BCUT2D eigenvalue weighted by Gasteiger charge is -2.38. The summed E-state index contributed by atoms with van der Waals surface area (Å²) in [6, 6.07) is 11.1. The first-order valence-corrected chi connectivity index (χ1v) is 10.3. The van der Waals surface area contributed by atoms with Crippen LogP contribution >= 0.6 is 11.6 Å². The largest absolute Gasteiger partial charge is 0.445 e. The van der Waals surface area contributed by atoms with Gasteiger partial charge in [0, 0.05) is 12.6 Å². The molecule has 0 saturated carbocycles. The maximum absolute atomic E-state index is 12.7. The molecular weight excluding hydrogens is 405 g/mol. The number of nitrogens with one attached hydrogen (secondary N) is 1. The molecule has 0 aliphatic carbocycles. The van der Waals surface area contributed by atoms with Crippen LogP contribution in [0, 0.1) is 0 Å². The Labute approximate surface area is 180 Å². The van der Waals surface area contributed by atoms with E-state index in [0.29, 0.717) is 18.8 Å². The van der Waals surface area contributed by atoms with E-state index in [2.05, 4.69) is 15.3 Å². The van der Waals surface area contributed by atoms with Crippen LogP contribution in [0.3, 0.4) is 0 Å². The van der Waals surface area contributed by atoms with Crippen molar-refractivity contribution in [2.45, 2.75) is 31.5 Å². The quantitative estimate of drug-likeness (QED) is 0.478. The Bertz CT molecular complexity index is 1030. The highest BCUT2D eigenvalue weighted by Gasteiger charge is 2.32. The van der Waals surface area contributed by atoms with Gasteiger partial charge in [0.15, 0.2) is 0 Å². The highest BCUT2D eigenvalue weighted by molar-refractivity contribution is 6.29. The summed E-state index contributed by atoms with van der Waals surface area (Å²) < 4.78 is 7.37. The minimum Gasteiger partial charge on any atom is -0.445 e. The predicted octanol–water partition coefficient (Wildman–Crippen LogP) is 2.05. The summed E-state index contributed by atoms with van der Waals surface area (Å²) in [5.41, 5.74) is 1.65. The summed E-state index contributed by atoms with van der Waals surface area (Å²) in [5, 5.41) is 14.2. The molecule has 2 atom stereocenters. The van der Waals surface area contributed by atoms with E-state index < -0.39 is 6.09 Å². The van der Waals surface area contributed by atoms with Gasteiger partial charge in [0.2, 0.25) is 13.3 Å². The fourth-order valence-electron chi connectivity index (χ4n) is 3.77. The average molecular weight is 428 g/mol. The molecule has 1 amide bonds. The van der Waals surface area contributed by atoms with Crippen molar-refractivity contribution in [1.82, 2.24) is 19.3 Å². The number of aliphatic hydroxyl groups excluding tert-OH is 1. The molecule has 8 nitrogen and oxygen atoms in total. The first kappa shape index (κ1) is 20.5. The van der Waals surface area contributed by atoms with Gasteiger partial charge in [0.05, 0.1) is 18.0 Å². The fourth-order valence-corrected chi connectivity index (χ4v) is 3.94. The Hall–Kier alpha value is -2.78. The van der Waals surface area contributed by atoms with Gasteiger partial charge in [0.1, 0.15) is 18.1 Å². The van der Waals surface area contributed by atoms with E-state index in [0.717, 1.165) is 23.0 Å². The third-order valence-electron chi connectivity index (χ3n) is 5.39. The van der Waals surface area contributed by atoms with Gasteiger partial charge in [-0.25, -0.2) is 14.8 Å². The average Bonchev–Trinajstić information content (AvgIpc) is 3.13. The second-order valence-corrected chi connectivity index (χ2v) is 7.79. The number of anilines is 1. The van der Waals surface area contributed by atoms with E-state index in [1.54, 1.807) is 4.90 Å². The number of halogens is 1. The van der Waals surface area contributed by atoms with E-state index in [9.17, 15) is 9.90 Å². The van der Waals surface area contributed by atoms with E-state index in [1.807, 2.05) is 55.1 Å². The van der Waals surface area contributed by atoms with Gasteiger partial charge in [-0.15, -0.1) is 0 Å². The van der Waals surface area contributed by atoms with Gasteiger partial charge < -0.3 is 24.5 Å². The van der Waals surface area contributed by atoms with E-state index in [1.165, 1.54) is 0 Å². The van der Waals surface area contributed by atoms with Crippen molar-refractivity contribution in [2.75, 3.05) is 18.5 Å². The molecule has 10 heteroatoms. The maximum atomic E-state index is 12.7. The molecule has 0 spiro atoms. The lowest BCUT2D eigenvalue weighted by Crippen LogP contribution is -2.52. The number of carbonyl (C=O) groups is 1. The zero-order valence-electron chi connectivity index (χ0n) is 16.7. The van der Waals surface area contributed by atoms with Crippen LogP contribution in [0.15, 0.2) is 42.6 Å². The van der Waals surface area contributed by atoms with Crippen LogP contribution in [0.4, 0.5) is 10.6 Å². The third-order valence-corrected chi connectivity index (χ3v) is 5.56. The van der Waals surface area contributed by atoms with Crippen molar-refractivity contribution in [3.63, 3.8) is 0 Å². The number of piperidine rings is 1. The predicted molar refractivity (Wildman–Crippen MR) is 117 cm³/mol. The summed E-state index contributed by atoms with van der Waals surface area (Å²) in [7, 11) is 1.90. The zero-order chi connectivity index (χ0) is 21.1. The van der Waals surface area contributed by atoms with Crippen molar-refractivity contribution < 1.29 is 14.6 Å². The molecule has 1 aromatic carbocycles. The summed E-state index contributed by atoms with van der Waals surface area (Å²) in [6.07, 6.45) is 2.90. The van der Waals surface area contributed by atoms with Crippen LogP contribution in [-0.4, -0.2) is 63.8 Å². The minimum absolute atomic E-state index is 0.0496. The molecule has 3 aromatic rings. The second kappa shape index (κ2) is 8.93. The van der Waals surface area contributed by atoms with Crippen LogP contribution in [0.5, 0.6) is 0 Å². The number of rotatable bonds is 5. The lowest BCUT2D eigenvalue weighted by molar-refractivity contribution is 0.0471. The molecule has 4 rings (SSSR count). The standard InChI is InChI=1S/C20H23BClN5O3/c21-27-9-8-16-17(24-19(22)25-18(16)27)23-14-6-7-15(11-28)26(10-14)20(29)30-12-13-4-2-1-3-5-13/h1-5,8-9,14-15,28H,6-7,10-12,21H2,(H,23,24,25). The number of amides is 1. The van der Waals surface area contributed by atoms with Crippen LogP contribution in [-0.2, 0) is 11.3 Å². The molecule has 1 aliphatic heterocycles. The molecule has 30 heavy (non-hydrogen) atoms. The number of likely N-dealkylation sites (tertiary alicyclic amines) is 1. The Morgan fingerprint density at radius 3 is 2.83 bits per heavy atom. The van der Waals surface area contributed by atoms with Gasteiger partial charge in [0.25, 0.3) is 0 Å². The molecular formula is C20H23BClN5O3. The molecule has 0 radical (unpaired) electrons. The lowest BCUT2D eigenvalue weighted by atomic mass is 9.99. The van der Waals surface area contributed by atoms with Crippen LogP contribution in [0.2, 0.25) is 5.28 Å². The number of hydrogen-bond donors (Lipinski definition) is 2. The molecule has 2 aromatic heterocycles. The number of nitrogens with zero attached hydrogens (tertiary/aromatic N) is 4. The fraction of sp³-hybridized carbons (Fsp3) is 0.350. The van der Waals surface area contributed by atoms with Crippen molar-refractivity contribution in [2.24, 2.45) is 0 Å². The third kappa shape index (κ3) is 4.37. The van der Waals surface area contributed by atoms with E-state index in [-0.39, 0.29) is 30.6 Å². The number of hydrogen-bond acceptors (Lipinski definition) is 6. The Morgan fingerprint density at radius 2 is 2.07 bits per heavy atom. The SMILES string of the molecule is Bn1ccc2c(NC3CCC(CO)N(C(=O)OCc4ccccc4)C3)nc(Cl)nc21. The first-order chi connectivity index (χ1) is 14.5. The number of aromatic nitrogens is 3. The molecule has 156 valence electrons. The topological polar surface area (TPSA) is 92.5 Å². The molecule has 2 N–H and O–H groups in total. The monoisotopic (exact) mass is 427 g/mol. The molecule has 1 saturated heterocycles. The van der Waals surface area contributed by atoms with Gasteiger partial charge >= 0.3 is 6.09 Å². The van der Waals surface area contributed by atoms with Crippen molar-refractivity contribution in [3.8, 4) is 0 Å². The normalized spacial score (nSPS) is 19.1. The van der Waals surface area contributed by atoms with Crippen molar-refractivity contribution in [3.05, 3.63) is 53.4 Å². The number of benzene rings is 1. The smallest absolute Gasteiger partial charge is 0.410 e. The molecule has 0 bridgehead atoms. The van der Waals surface area contributed by atoms with Crippen LogP contribution < -0.4 is 5.32 Å². The Balaban J connectivity index is 1.46. The van der Waals surface area contributed by atoms with Crippen molar-refractivity contribution in [1.29, 1.82) is 0 Å². The van der Waals surface area contributed by atoms with Crippen LogP contribution in [0.1, 0.15) is 18.4 Å². The molecule has 2 unspecified atom stereocenters. The number of carbonyl (C=O) groups excluding carboxylic acids is 1. The summed E-state index contributed by atoms with van der Waals surface area (Å²) in [6.45, 7) is 0.489. The first-order valence-electron chi connectivity index (χ1n) is 9.88. The summed E-state index contributed by atoms with van der Waals surface area (Å²) >= 11 is 6.10. The summed E-state index contributed by atoms with van der Waals surface area (Å²) in [4.78, 5) is 22.9. The van der Waals surface area contributed by atoms with Gasteiger partial charge in [-0.2, -0.15) is 0 Å². The number of fused-ring (bicyclic) bond motifs is 1.